The molecule has 1 aliphatic rings. The summed E-state index contributed by atoms with van der Waals surface area (Å²) in [5.41, 5.74) is 0.620. The van der Waals surface area contributed by atoms with Gasteiger partial charge in [-0.1, -0.05) is 6.92 Å². The molecule has 17 heavy (non-hydrogen) atoms. The van der Waals surface area contributed by atoms with Crippen molar-refractivity contribution in [1.82, 2.24) is 10.3 Å². The summed E-state index contributed by atoms with van der Waals surface area (Å²) in [6, 6.07) is 4.03. The van der Waals surface area contributed by atoms with Crippen LogP contribution in [0.25, 0.3) is 0 Å². The molecule has 0 aromatic carbocycles. The first kappa shape index (κ1) is 11.9. The normalized spacial score (nSPS) is 23.4. The van der Waals surface area contributed by atoms with Crippen LogP contribution in [0.4, 0.5) is 5.82 Å². The first-order chi connectivity index (χ1) is 8.20. The Kier molecular flexibility index (Phi) is 3.61. The molecule has 0 spiro atoms. The summed E-state index contributed by atoms with van der Waals surface area (Å²) in [6.45, 7) is 2.26. The third-order valence-electron chi connectivity index (χ3n) is 3.32. The third kappa shape index (κ3) is 2.75. The molecule has 1 saturated carbocycles. The molecule has 2 atom stereocenters. The van der Waals surface area contributed by atoms with Crippen LogP contribution in [0.2, 0.25) is 0 Å². The Bertz CT molecular complexity index is 405. The molecule has 0 bridgehead atoms. The van der Waals surface area contributed by atoms with Gasteiger partial charge >= 0.3 is 0 Å². The number of hydrogen-bond acceptors (Lipinski definition) is 3. The van der Waals surface area contributed by atoms with Crippen LogP contribution in [0.5, 0.6) is 0 Å². The van der Waals surface area contributed by atoms with E-state index in [4.69, 9.17) is 0 Å². The van der Waals surface area contributed by atoms with Gasteiger partial charge in [0.1, 0.15) is 5.82 Å². The molecule has 1 amide bonds. The molecule has 2 rings (SSSR count). The molecular weight excluding hydrogens is 214 g/mol. The van der Waals surface area contributed by atoms with Gasteiger partial charge in [0.15, 0.2) is 0 Å². The van der Waals surface area contributed by atoms with Crippen molar-refractivity contribution in [2.75, 3.05) is 12.4 Å². The molecule has 2 N–H and O–H groups in total. The fourth-order valence-electron chi connectivity index (χ4n) is 2.37. The molecule has 0 radical (unpaired) electrons. The zero-order valence-electron chi connectivity index (χ0n) is 10.4. The summed E-state index contributed by atoms with van der Waals surface area (Å²) in [4.78, 5) is 15.9. The average Bonchev–Trinajstić information content (AvgIpc) is 2.74. The molecule has 1 aromatic rings. The van der Waals surface area contributed by atoms with Gasteiger partial charge in [0, 0.05) is 19.3 Å². The second-order valence-electron chi connectivity index (χ2n) is 4.74. The van der Waals surface area contributed by atoms with E-state index < -0.39 is 0 Å². The van der Waals surface area contributed by atoms with E-state index in [1.165, 1.54) is 6.42 Å². The van der Waals surface area contributed by atoms with E-state index in [2.05, 4.69) is 22.5 Å². The van der Waals surface area contributed by atoms with Gasteiger partial charge in [0.2, 0.25) is 0 Å². The maximum atomic E-state index is 11.7. The third-order valence-corrected chi connectivity index (χ3v) is 3.32. The summed E-state index contributed by atoms with van der Waals surface area (Å²) in [6.07, 6.45) is 5.28. The lowest BCUT2D eigenvalue weighted by atomic mass is 10.1. The second-order valence-corrected chi connectivity index (χ2v) is 4.74. The van der Waals surface area contributed by atoms with Crippen molar-refractivity contribution in [3.05, 3.63) is 23.9 Å². The number of amides is 1. The van der Waals surface area contributed by atoms with Crippen LogP contribution < -0.4 is 10.6 Å². The highest BCUT2D eigenvalue weighted by atomic mass is 16.1. The Morgan fingerprint density at radius 1 is 1.47 bits per heavy atom. The zero-order chi connectivity index (χ0) is 12.3. The molecule has 1 aliphatic carbocycles. The maximum absolute atomic E-state index is 11.7. The molecule has 1 fully saturated rings. The highest BCUT2D eigenvalue weighted by Gasteiger charge is 2.22. The van der Waals surface area contributed by atoms with E-state index in [9.17, 15) is 4.79 Å². The van der Waals surface area contributed by atoms with Crippen LogP contribution in [0.1, 0.15) is 36.5 Å². The molecule has 0 saturated heterocycles. The predicted molar refractivity (Wildman–Crippen MR) is 68.1 cm³/mol. The first-order valence-electron chi connectivity index (χ1n) is 6.14. The number of hydrogen-bond donors (Lipinski definition) is 2. The fraction of sp³-hybridized carbons (Fsp3) is 0.538. The van der Waals surface area contributed by atoms with Crippen molar-refractivity contribution < 1.29 is 4.79 Å². The molecule has 0 aliphatic heterocycles. The minimum absolute atomic E-state index is 0.0911. The van der Waals surface area contributed by atoms with E-state index in [1.54, 1.807) is 25.4 Å². The van der Waals surface area contributed by atoms with Crippen molar-refractivity contribution >= 4 is 11.7 Å². The molecule has 1 heterocycles. The van der Waals surface area contributed by atoms with Crippen LogP contribution in [-0.2, 0) is 0 Å². The van der Waals surface area contributed by atoms with Crippen molar-refractivity contribution in [1.29, 1.82) is 0 Å². The summed E-state index contributed by atoms with van der Waals surface area (Å²) in [5, 5.41) is 6.02. The number of rotatable bonds is 3. The van der Waals surface area contributed by atoms with Gasteiger partial charge in [-0.05, 0) is 37.3 Å². The minimum atomic E-state index is -0.0911. The van der Waals surface area contributed by atoms with Crippen LogP contribution in [0.15, 0.2) is 18.3 Å². The van der Waals surface area contributed by atoms with Gasteiger partial charge in [-0.3, -0.25) is 4.79 Å². The Balaban J connectivity index is 2.12. The molecule has 92 valence electrons. The Labute approximate surface area is 102 Å². The Hall–Kier alpha value is -1.58. The Morgan fingerprint density at radius 2 is 2.29 bits per heavy atom. The molecule has 1 aromatic heterocycles. The number of nitrogens with zero attached hydrogens (tertiary/aromatic N) is 1. The predicted octanol–water partition coefficient (Wildman–Crippen LogP) is 2.04. The number of carbonyl (C=O) groups is 1. The van der Waals surface area contributed by atoms with Gasteiger partial charge in [-0.15, -0.1) is 0 Å². The quantitative estimate of drug-likeness (QED) is 0.840. The molecule has 2 unspecified atom stereocenters. The lowest BCUT2D eigenvalue weighted by Crippen LogP contribution is -2.23. The van der Waals surface area contributed by atoms with Crippen LogP contribution >= 0.6 is 0 Å². The smallest absolute Gasteiger partial charge is 0.254 e. The topological polar surface area (TPSA) is 54.0 Å². The van der Waals surface area contributed by atoms with E-state index in [0.717, 1.165) is 18.8 Å². The number of aromatic nitrogens is 1. The van der Waals surface area contributed by atoms with Gasteiger partial charge in [0.05, 0.1) is 5.56 Å². The number of nitrogens with one attached hydrogen (secondary N) is 2. The van der Waals surface area contributed by atoms with E-state index in [0.29, 0.717) is 17.4 Å². The maximum Gasteiger partial charge on any atom is 0.254 e. The lowest BCUT2D eigenvalue weighted by molar-refractivity contribution is 0.0963. The largest absolute Gasteiger partial charge is 0.367 e. The molecular formula is C13H19N3O. The standard InChI is InChI=1S/C13H19N3O/c1-9-5-6-10(8-9)16-12-11(13(17)14-2)4-3-7-15-12/h3-4,7,9-10H,5-6,8H2,1-2H3,(H,14,17)(H,15,16). The van der Waals surface area contributed by atoms with Crippen molar-refractivity contribution in [3.63, 3.8) is 0 Å². The fourth-order valence-corrected chi connectivity index (χ4v) is 2.37. The minimum Gasteiger partial charge on any atom is -0.367 e. The van der Waals surface area contributed by atoms with Crippen LogP contribution in [0, 0.1) is 5.92 Å². The molecule has 4 heteroatoms. The summed E-state index contributed by atoms with van der Waals surface area (Å²) < 4.78 is 0. The second kappa shape index (κ2) is 5.17. The van der Waals surface area contributed by atoms with Gasteiger partial charge in [-0.25, -0.2) is 4.98 Å². The van der Waals surface area contributed by atoms with Gasteiger partial charge in [0.25, 0.3) is 5.91 Å². The van der Waals surface area contributed by atoms with Crippen LogP contribution in [-0.4, -0.2) is 24.0 Å². The molecule has 4 nitrogen and oxygen atoms in total. The van der Waals surface area contributed by atoms with E-state index in [-0.39, 0.29) is 5.91 Å². The highest BCUT2D eigenvalue weighted by molar-refractivity contribution is 5.98. The number of pyridine rings is 1. The van der Waals surface area contributed by atoms with Crippen molar-refractivity contribution in [3.8, 4) is 0 Å². The number of carbonyl (C=O) groups excluding carboxylic acids is 1. The van der Waals surface area contributed by atoms with Crippen molar-refractivity contribution in [2.24, 2.45) is 5.92 Å². The first-order valence-corrected chi connectivity index (χ1v) is 6.14. The lowest BCUT2D eigenvalue weighted by Gasteiger charge is -2.15. The Morgan fingerprint density at radius 3 is 2.94 bits per heavy atom. The SMILES string of the molecule is CNC(=O)c1cccnc1NC1CCC(C)C1. The summed E-state index contributed by atoms with van der Waals surface area (Å²) >= 11 is 0. The van der Waals surface area contributed by atoms with E-state index >= 15 is 0 Å². The summed E-state index contributed by atoms with van der Waals surface area (Å²) in [5.74, 6) is 1.37. The average molecular weight is 233 g/mol. The van der Waals surface area contributed by atoms with Crippen molar-refractivity contribution in [2.45, 2.75) is 32.2 Å². The monoisotopic (exact) mass is 233 g/mol. The van der Waals surface area contributed by atoms with Crippen LogP contribution in [0.3, 0.4) is 0 Å². The summed E-state index contributed by atoms with van der Waals surface area (Å²) in [7, 11) is 1.64. The van der Waals surface area contributed by atoms with E-state index in [1.807, 2.05) is 0 Å². The van der Waals surface area contributed by atoms with Gasteiger partial charge < -0.3 is 10.6 Å². The van der Waals surface area contributed by atoms with Gasteiger partial charge in [-0.2, -0.15) is 0 Å². The highest BCUT2D eigenvalue weighted by Crippen LogP contribution is 2.27. The number of anilines is 1. The zero-order valence-corrected chi connectivity index (χ0v) is 10.4.